The van der Waals surface area contributed by atoms with E-state index in [0.29, 0.717) is 24.9 Å². The number of ether oxygens (including phenoxy) is 1. The number of benzene rings is 1. The maximum atomic E-state index is 12.7. The number of hydrogen-bond donors (Lipinski definition) is 1. The second-order valence-corrected chi connectivity index (χ2v) is 4.72. The van der Waals surface area contributed by atoms with Gasteiger partial charge in [-0.05, 0) is 56.6 Å². The van der Waals surface area contributed by atoms with E-state index in [1.807, 2.05) is 0 Å². The Hall–Kier alpha value is -1.13. The van der Waals surface area contributed by atoms with Crippen molar-refractivity contribution >= 4 is 0 Å². The molecule has 1 aromatic rings. The monoisotopic (exact) mass is 252 g/mol. The van der Waals surface area contributed by atoms with E-state index in [1.54, 1.807) is 12.1 Å². The van der Waals surface area contributed by atoms with Gasteiger partial charge in [0.2, 0.25) is 0 Å². The molecule has 0 amide bonds. The Balaban J connectivity index is 1.74. The van der Waals surface area contributed by atoms with Crippen LogP contribution in [-0.4, -0.2) is 37.2 Å². The molecule has 1 saturated heterocycles. The third kappa shape index (κ3) is 3.68. The summed E-state index contributed by atoms with van der Waals surface area (Å²) < 4.78 is 18.3. The van der Waals surface area contributed by atoms with Crippen LogP contribution in [0.1, 0.15) is 19.3 Å². The molecule has 1 aliphatic heterocycles. The van der Waals surface area contributed by atoms with Gasteiger partial charge in [-0.15, -0.1) is 0 Å². The van der Waals surface area contributed by atoms with Crippen molar-refractivity contribution in [1.29, 1.82) is 0 Å². The Bertz CT molecular complexity index is 349. The van der Waals surface area contributed by atoms with Gasteiger partial charge in [0.15, 0.2) is 0 Å². The first-order valence-electron chi connectivity index (χ1n) is 6.62. The Kier molecular flexibility index (Phi) is 4.96. The number of likely N-dealkylation sites (tertiary alicyclic amines) is 1. The second-order valence-electron chi connectivity index (χ2n) is 4.72. The molecule has 1 fully saturated rings. The molecule has 0 bridgehead atoms. The summed E-state index contributed by atoms with van der Waals surface area (Å²) >= 11 is 0. The lowest BCUT2D eigenvalue weighted by molar-refractivity contribution is 0.197. The van der Waals surface area contributed by atoms with E-state index >= 15 is 0 Å². The lowest BCUT2D eigenvalue weighted by Gasteiger charge is -2.26. The fourth-order valence-electron chi connectivity index (χ4n) is 2.40. The van der Waals surface area contributed by atoms with Crippen molar-refractivity contribution in [2.45, 2.75) is 25.3 Å². The summed E-state index contributed by atoms with van der Waals surface area (Å²) in [6.45, 7) is 3.60. The van der Waals surface area contributed by atoms with Crippen LogP contribution >= 0.6 is 0 Å². The van der Waals surface area contributed by atoms with Crippen LogP contribution in [0.4, 0.5) is 4.39 Å². The largest absolute Gasteiger partial charge is 0.494 e. The van der Waals surface area contributed by atoms with Crippen molar-refractivity contribution in [1.82, 2.24) is 4.90 Å². The van der Waals surface area contributed by atoms with Gasteiger partial charge in [-0.25, -0.2) is 4.39 Å². The molecule has 1 heterocycles. The summed E-state index contributed by atoms with van der Waals surface area (Å²) in [5.41, 5.74) is 5.81. The average Bonchev–Trinajstić information content (AvgIpc) is 2.91. The van der Waals surface area contributed by atoms with Gasteiger partial charge in [0.1, 0.15) is 11.6 Å². The van der Waals surface area contributed by atoms with E-state index in [1.165, 1.54) is 25.0 Å². The van der Waals surface area contributed by atoms with Crippen LogP contribution in [0.25, 0.3) is 0 Å². The van der Waals surface area contributed by atoms with Gasteiger partial charge in [-0.2, -0.15) is 0 Å². The zero-order valence-electron chi connectivity index (χ0n) is 10.6. The van der Waals surface area contributed by atoms with Gasteiger partial charge >= 0.3 is 0 Å². The van der Waals surface area contributed by atoms with Gasteiger partial charge in [0.25, 0.3) is 0 Å². The Morgan fingerprint density at radius 1 is 1.22 bits per heavy atom. The predicted octanol–water partition coefficient (Wildman–Crippen LogP) is 2.02. The first-order valence-corrected chi connectivity index (χ1v) is 6.62. The summed E-state index contributed by atoms with van der Waals surface area (Å²) in [4.78, 5) is 2.44. The first-order chi connectivity index (χ1) is 8.79. The minimum absolute atomic E-state index is 0.237. The summed E-state index contributed by atoms with van der Waals surface area (Å²) in [7, 11) is 0. The van der Waals surface area contributed by atoms with Gasteiger partial charge in [0, 0.05) is 12.6 Å². The van der Waals surface area contributed by atoms with Crippen molar-refractivity contribution < 1.29 is 9.13 Å². The molecule has 2 rings (SSSR count). The molecular weight excluding hydrogens is 231 g/mol. The molecule has 0 radical (unpaired) electrons. The SMILES string of the molecule is NCC(CCOc1ccc(F)cc1)N1CCCC1. The molecule has 1 aliphatic rings. The predicted molar refractivity (Wildman–Crippen MR) is 70.2 cm³/mol. The Morgan fingerprint density at radius 2 is 1.89 bits per heavy atom. The van der Waals surface area contributed by atoms with Crippen LogP contribution in [0.15, 0.2) is 24.3 Å². The normalized spacial score (nSPS) is 17.9. The van der Waals surface area contributed by atoms with E-state index in [2.05, 4.69) is 4.90 Å². The summed E-state index contributed by atoms with van der Waals surface area (Å²) in [5, 5.41) is 0. The molecule has 4 heteroatoms. The fourth-order valence-corrected chi connectivity index (χ4v) is 2.40. The van der Waals surface area contributed by atoms with Crippen molar-refractivity contribution in [2.75, 3.05) is 26.2 Å². The fraction of sp³-hybridized carbons (Fsp3) is 0.571. The highest BCUT2D eigenvalue weighted by Gasteiger charge is 2.20. The molecule has 0 aliphatic carbocycles. The van der Waals surface area contributed by atoms with Gasteiger partial charge in [-0.1, -0.05) is 0 Å². The van der Waals surface area contributed by atoms with E-state index in [0.717, 1.165) is 19.5 Å². The molecule has 3 nitrogen and oxygen atoms in total. The van der Waals surface area contributed by atoms with Crippen LogP contribution in [0, 0.1) is 5.82 Å². The van der Waals surface area contributed by atoms with Crippen molar-refractivity contribution in [2.24, 2.45) is 5.73 Å². The van der Waals surface area contributed by atoms with Crippen LogP contribution in [0.2, 0.25) is 0 Å². The lowest BCUT2D eigenvalue weighted by atomic mass is 10.2. The van der Waals surface area contributed by atoms with Crippen LogP contribution in [-0.2, 0) is 0 Å². The Labute approximate surface area is 108 Å². The van der Waals surface area contributed by atoms with E-state index in [4.69, 9.17) is 10.5 Å². The zero-order chi connectivity index (χ0) is 12.8. The maximum Gasteiger partial charge on any atom is 0.123 e. The third-order valence-corrected chi connectivity index (χ3v) is 3.46. The number of halogens is 1. The smallest absolute Gasteiger partial charge is 0.123 e. The van der Waals surface area contributed by atoms with Crippen LogP contribution < -0.4 is 10.5 Å². The molecule has 0 spiro atoms. The summed E-state index contributed by atoms with van der Waals surface area (Å²) in [6.07, 6.45) is 3.47. The molecule has 18 heavy (non-hydrogen) atoms. The molecule has 1 aromatic carbocycles. The quantitative estimate of drug-likeness (QED) is 0.841. The summed E-state index contributed by atoms with van der Waals surface area (Å²) in [5.74, 6) is 0.479. The van der Waals surface area contributed by atoms with E-state index in [9.17, 15) is 4.39 Å². The molecule has 100 valence electrons. The second kappa shape index (κ2) is 6.71. The van der Waals surface area contributed by atoms with E-state index < -0.39 is 0 Å². The number of hydrogen-bond acceptors (Lipinski definition) is 3. The molecule has 0 saturated carbocycles. The molecule has 0 aromatic heterocycles. The van der Waals surface area contributed by atoms with Gasteiger partial charge < -0.3 is 10.5 Å². The molecule has 2 N–H and O–H groups in total. The average molecular weight is 252 g/mol. The highest BCUT2D eigenvalue weighted by molar-refractivity contribution is 5.21. The van der Waals surface area contributed by atoms with E-state index in [-0.39, 0.29) is 5.82 Å². The number of nitrogens with two attached hydrogens (primary N) is 1. The van der Waals surface area contributed by atoms with Crippen LogP contribution in [0.3, 0.4) is 0 Å². The molecule has 1 unspecified atom stereocenters. The van der Waals surface area contributed by atoms with Crippen molar-refractivity contribution in [3.63, 3.8) is 0 Å². The number of rotatable bonds is 6. The van der Waals surface area contributed by atoms with Crippen molar-refractivity contribution in [3.05, 3.63) is 30.1 Å². The standard InChI is InChI=1S/C14H21FN2O/c15-12-3-5-14(6-4-12)18-10-7-13(11-16)17-8-1-2-9-17/h3-6,13H,1-2,7-11,16H2. The first kappa shape index (κ1) is 13.3. The van der Waals surface area contributed by atoms with Crippen molar-refractivity contribution in [3.8, 4) is 5.75 Å². The van der Waals surface area contributed by atoms with Gasteiger partial charge in [0.05, 0.1) is 6.61 Å². The number of nitrogens with zero attached hydrogens (tertiary/aromatic N) is 1. The van der Waals surface area contributed by atoms with Gasteiger partial charge in [-0.3, -0.25) is 4.90 Å². The minimum atomic E-state index is -0.237. The lowest BCUT2D eigenvalue weighted by Crippen LogP contribution is -2.39. The summed E-state index contributed by atoms with van der Waals surface area (Å²) in [6, 6.07) is 6.55. The van der Waals surface area contributed by atoms with Crippen LogP contribution in [0.5, 0.6) is 5.75 Å². The molecular formula is C14H21FN2O. The third-order valence-electron chi connectivity index (χ3n) is 3.46. The molecule has 1 atom stereocenters. The topological polar surface area (TPSA) is 38.5 Å². The Morgan fingerprint density at radius 3 is 2.50 bits per heavy atom. The highest BCUT2D eigenvalue weighted by Crippen LogP contribution is 2.15. The minimum Gasteiger partial charge on any atom is -0.494 e. The highest BCUT2D eigenvalue weighted by atomic mass is 19.1. The zero-order valence-corrected chi connectivity index (χ0v) is 10.6. The maximum absolute atomic E-state index is 12.7.